The van der Waals surface area contributed by atoms with Crippen LogP contribution in [0.25, 0.3) is 0 Å². The predicted molar refractivity (Wildman–Crippen MR) is 133 cm³/mol. The normalized spacial score (nSPS) is 36.4. The Kier molecular flexibility index (Phi) is 7.99. The van der Waals surface area contributed by atoms with Crippen molar-refractivity contribution in [1.29, 1.82) is 0 Å². The van der Waals surface area contributed by atoms with E-state index in [1.165, 1.54) is 4.90 Å². The highest BCUT2D eigenvalue weighted by molar-refractivity contribution is 5.99. The van der Waals surface area contributed by atoms with E-state index in [0.717, 1.165) is 32.4 Å². The smallest absolute Gasteiger partial charge is 0.312 e. The van der Waals surface area contributed by atoms with Gasteiger partial charge >= 0.3 is 5.97 Å². The van der Waals surface area contributed by atoms with Crippen LogP contribution in [0, 0.1) is 11.8 Å². The highest BCUT2D eigenvalue weighted by atomic mass is 16.6. The molecule has 3 saturated heterocycles. The number of amides is 2. The summed E-state index contributed by atoms with van der Waals surface area (Å²) >= 11 is 0. The average Bonchev–Trinajstić information content (AvgIpc) is 3.30. The summed E-state index contributed by atoms with van der Waals surface area (Å²) in [5.74, 6) is -2.73. The van der Waals surface area contributed by atoms with Gasteiger partial charge in [-0.1, -0.05) is 31.2 Å². The number of fused-ring (bicyclic) bond motifs is 2. The Labute approximate surface area is 218 Å². The van der Waals surface area contributed by atoms with E-state index in [1.54, 1.807) is 4.90 Å². The van der Waals surface area contributed by atoms with Crippen molar-refractivity contribution in [3.8, 4) is 0 Å². The molecule has 1 N–H and O–H groups in total. The van der Waals surface area contributed by atoms with E-state index in [2.05, 4.69) is 4.90 Å². The summed E-state index contributed by atoms with van der Waals surface area (Å²) in [6.07, 6.45) is 9.91. The Morgan fingerprint density at radius 2 is 1.89 bits per heavy atom. The van der Waals surface area contributed by atoms with Crippen LogP contribution in [0.4, 0.5) is 0 Å². The molecule has 0 aliphatic carbocycles. The molecule has 6 atom stereocenters. The van der Waals surface area contributed by atoms with Gasteiger partial charge in [-0.05, 0) is 25.7 Å². The number of carbonyl (C=O) groups excluding carboxylic acids is 3. The summed E-state index contributed by atoms with van der Waals surface area (Å²) in [5, 5.41) is 10.2. The van der Waals surface area contributed by atoms with Gasteiger partial charge in [-0.2, -0.15) is 0 Å². The van der Waals surface area contributed by atoms with Gasteiger partial charge in [-0.15, -0.1) is 0 Å². The molecule has 0 saturated carbocycles. The first-order chi connectivity index (χ1) is 18.0. The van der Waals surface area contributed by atoms with Crippen LogP contribution in [0.2, 0.25) is 0 Å². The first-order valence-electron chi connectivity index (χ1n) is 13.7. The van der Waals surface area contributed by atoms with E-state index in [4.69, 9.17) is 14.2 Å². The molecule has 0 aromatic heterocycles. The molecule has 5 rings (SSSR count). The van der Waals surface area contributed by atoms with Crippen LogP contribution in [-0.4, -0.2) is 121 Å². The van der Waals surface area contributed by atoms with Crippen LogP contribution < -0.4 is 0 Å². The number of likely N-dealkylation sites (tertiary alicyclic amines) is 1. The molecule has 10 nitrogen and oxygen atoms in total. The van der Waals surface area contributed by atoms with Gasteiger partial charge < -0.3 is 29.1 Å². The van der Waals surface area contributed by atoms with Gasteiger partial charge in [0.05, 0.1) is 44.5 Å². The van der Waals surface area contributed by atoms with Crippen molar-refractivity contribution < 1.29 is 33.7 Å². The SMILES string of the molecule is CC[C@@H](CO)N1C(=O)[C@@H]2[C@H]3C(=O)OCCCC/C=C\[C@H]3O[C@@]23C=CCN(CCN2CCOCC2)C(=O)C13. The van der Waals surface area contributed by atoms with Gasteiger partial charge in [0.25, 0.3) is 0 Å². The number of ether oxygens (including phenoxy) is 3. The Balaban J connectivity index is 1.50. The van der Waals surface area contributed by atoms with Gasteiger partial charge in [0.1, 0.15) is 17.6 Å². The number of allylic oxidation sites excluding steroid dienone is 1. The lowest BCUT2D eigenvalue weighted by Crippen LogP contribution is -2.58. The third kappa shape index (κ3) is 4.73. The van der Waals surface area contributed by atoms with Gasteiger partial charge in [-0.25, -0.2) is 0 Å². The largest absolute Gasteiger partial charge is 0.465 e. The molecule has 37 heavy (non-hydrogen) atoms. The second-order valence-corrected chi connectivity index (χ2v) is 10.6. The Morgan fingerprint density at radius 1 is 1.08 bits per heavy atom. The number of rotatable bonds is 6. The van der Waals surface area contributed by atoms with Crippen molar-refractivity contribution in [2.45, 2.75) is 56.4 Å². The highest BCUT2D eigenvalue weighted by Crippen LogP contribution is 2.53. The molecule has 10 heteroatoms. The van der Waals surface area contributed by atoms with E-state index < -0.39 is 41.6 Å². The first-order valence-corrected chi connectivity index (χ1v) is 13.7. The summed E-state index contributed by atoms with van der Waals surface area (Å²) in [5.41, 5.74) is -1.29. The fourth-order valence-electron chi connectivity index (χ4n) is 6.50. The molecule has 0 bridgehead atoms. The van der Waals surface area contributed by atoms with Crippen molar-refractivity contribution in [3.05, 3.63) is 24.3 Å². The van der Waals surface area contributed by atoms with Crippen LogP contribution in [0.15, 0.2) is 24.3 Å². The number of nitrogens with zero attached hydrogens (tertiary/aromatic N) is 3. The van der Waals surface area contributed by atoms with Gasteiger partial charge in [-0.3, -0.25) is 19.3 Å². The number of morpholine rings is 1. The first kappa shape index (κ1) is 26.3. The Hall–Kier alpha value is -2.27. The van der Waals surface area contributed by atoms with Gasteiger partial charge in [0.15, 0.2) is 0 Å². The number of carbonyl (C=O) groups is 3. The van der Waals surface area contributed by atoms with Crippen molar-refractivity contribution in [3.63, 3.8) is 0 Å². The fraction of sp³-hybridized carbons (Fsp3) is 0.741. The van der Waals surface area contributed by atoms with E-state index >= 15 is 0 Å². The van der Waals surface area contributed by atoms with E-state index in [0.29, 0.717) is 45.9 Å². The second kappa shape index (κ2) is 11.2. The van der Waals surface area contributed by atoms with Crippen molar-refractivity contribution in [2.75, 3.05) is 59.2 Å². The number of hydrogen-bond donors (Lipinski definition) is 1. The summed E-state index contributed by atoms with van der Waals surface area (Å²) in [6.45, 7) is 6.52. The van der Waals surface area contributed by atoms with Crippen LogP contribution >= 0.6 is 0 Å². The average molecular weight is 518 g/mol. The number of esters is 1. The molecule has 204 valence electrons. The number of aliphatic hydroxyl groups excluding tert-OH is 1. The maximum absolute atomic E-state index is 14.2. The van der Waals surface area contributed by atoms with Crippen molar-refractivity contribution in [1.82, 2.24) is 14.7 Å². The second-order valence-electron chi connectivity index (χ2n) is 10.6. The standard InChI is InChI=1S/C27H39N3O7/c1-2-19(18-31)30-23-25(33)29(12-11-28-13-16-35-17-14-28)10-7-9-27(23)22(24(30)32)21-20(37-27)8-5-3-4-6-15-36-26(21)34/h5,7-9,19-23,31H,2-4,6,10-18H2,1H3/b8-5-/t19-,20+,21-,22-,23?,27-/m0/s1. The van der Waals surface area contributed by atoms with Crippen LogP contribution in [0.3, 0.4) is 0 Å². The van der Waals surface area contributed by atoms with E-state index in [9.17, 15) is 19.5 Å². The van der Waals surface area contributed by atoms with E-state index in [-0.39, 0.29) is 18.4 Å². The van der Waals surface area contributed by atoms with Crippen molar-refractivity contribution in [2.24, 2.45) is 11.8 Å². The topological polar surface area (TPSA) is 109 Å². The van der Waals surface area contributed by atoms with Crippen LogP contribution in [0.1, 0.15) is 32.6 Å². The fourth-order valence-corrected chi connectivity index (χ4v) is 6.50. The summed E-state index contributed by atoms with van der Waals surface area (Å²) in [7, 11) is 0. The zero-order valence-corrected chi connectivity index (χ0v) is 21.6. The zero-order chi connectivity index (χ0) is 26.0. The lowest BCUT2D eigenvalue weighted by molar-refractivity contribution is -0.156. The van der Waals surface area contributed by atoms with E-state index in [1.807, 2.05) is 31.2 Å². The Bertz CT molecular complexity index is 929. The minimum Gasteiger partial charge on any atom is -0.465 e. The lowest BCUT2D eigenvalue weighted by Gasteiger charge is -2.38. The predicted octanol–water partition coefficient (Wildman–Crippen LogP) is 0.352. The molecular weight excluding hydrogens is 478 g/mol. The third-order valence-electron chi connectivity index (χ3n) is 8.49. The molecule has 1 spiro atoms. The number of hydrogen-bond acceptors (Lipinski definition) is 8. The molecule has 2 amide bonds. The summed E-state index contributed by atoms with van der Waals surface area (Å²) in [4.78, 5) is 47.2. The number of cyclic esters (lactones) is 1. The molecule has 0 aromatic carbocycles. The molecular formula is C27H39N3O7. The minimum atomic E-state index is -1.29. The van der Waals surface area contributed by atoms with Gasteiger partial charge in [0.2, 0.25) is 11.8 Å². The molecule has 0 radical (unpaired) electrons. The molecule has 5 aliphatic rings. The van der Waals surface area contributed by atoms with Crippen LogP contribution in [-0.2, 0) is 28.6 Å². The zero-order valence-electron chi connectivity index (χ0n) is 21.6. The van der Waals surface area contributed by atoms with Crippen LogP contribution in [0.5, 0.6) is 0 Å². The molecule has 3 fully saturated rings. The molecule has 1 unspecified atom stereocenters. The summed E-state index contributed by atoms with van der Waals surface area (Å²) in [6, 6.07) is -1.51. The van der Waals surface area contributed by atoms with Gasteiger partial charge in [0, 0.05) is 32.7 Å². The highest BCUT2D eigenvalue weighted by Gasteiger charge is 2.72. The lowest BCUT2D eigenvalue weighted by atomic mass is 9.78. The Morgan fingerprint density at radius 3 is 2.65 bits per heavy atom. The molecule has 5 aliphatic heterocycles. The summed E-state index contributed by atoms with van der Waals surface area (Å²) < 4.78 is 17.7. The maximum atomic E-state index is 14.2. The maximum Gasteiger partial charge on any atom is 0.312 e. The quantitative estimate of drug-likeness (QED) is 0.397. The number of aliphatic hydroxyl groups is 1. The molecule has 5 heterocycles. The molecule has 0 aromatic rings. The van der Waals surface area contributed by atoms with Crippen molar-refractivity contribution >= 4 is 17.8 Å². The third-order valence-corrected chi connectivity index (χ3v) is 8.49. The monoisotopic (exact) mass is 517 g/mol. The minimum absolute atomic E-state index is 0.206.